The Morgan fingerprint density at radius 3 is 2.63 bits per heavy atom. The van der Waals surface area contributed by atoms with Gasteiger partial charge in [0.2, 0.25) is 0 Å². The van der Waals surface area contributed by atoms with Crippen LogP contribution in [0.25, 0.3) is 0 Å². The van der Waals surface area contributed by atoms with Crippen molar-refractivity contribution in [1.82, 2.24) is 20.0 Å². The number of nitrogens with one attached hydrogen (secondary N) is 1. The number of carbonyl (C=O) groups excluding carboxylic acids is 2. The number of hydrogen-bond acceptors (Lipinski definition) is 9. The number of likely N-dealkylation sites (tertiary alicyclic amines) is 1. The number of ether oxygens (including phenoxy) is 3. The number of ketones is 1. The third-order valence-corrected chi connectivity index (χ3v) is 12.2. The SMILES string of the molecule is NC1CCN(C2C(F)CC3C(=O)C(C(=O)NCCN4CCOCC4)=CN4C5CC6OC7CCCCC7C6CC5OC2C34)C1. The number of nitrogens with two attached hydrogens (primary N) is 1. The second-order valence-electron chi connectivity index (χ2n) is 14.5. The van der Waals surface area contributed by atoms with E-state index in [1.54, 1.807) is 0 Å². The largest absolute Gasteiger partial charge is 0.379 e. The second kappa shape index (κ2) is 11.6. The van der Waals surface area contributed by atoms with Crippen LogP contribution in [0.5, 0.6) is 0 Å². The minimum atomic E-state index is -1.21. The summed E-state index contributed by atoms with van der Waals surface area (Å²) < 4.78 is 35.4. The summed E-state index contributed by atoms with van der Waals surface area (Å²) in [5, 5.41) is 3.00. The van der Waals surface area contributed by atoms with Crippen LogP contribution in [0.4, 0.5) is 4.39 Å². The first-order valence-electron chi connectivity index (χ1n) is 17.0. The molecule has 12 atom stereocenters. The summed E-state index contributed by atoms with van der Waals surface area (Å²) in [6.45, 7) is 5.64. The fraction of sp³-hybridized carbons (Fsp3) is 0.875. The van der Waals surface area contributed by atoms with Gasteiger partial charge in [0, 0.05) is 57.4 Å². The zero-order chi connectivity index (χ0) is 29.2. The number of alkyl halides is 1. The summed E-state index contributed by atoms with van der Waals surface area (Å²) in [6, 6.07) is -0.671. The second-order valence-corrected chi connectivity index (χ2v) is 14.5. The molecule has 0 bridgehead atoms. The number of hydrogen-bond donors (Lipinski definition) is 2. The normalized spacial score (nSPS) is 46.4. The minimum Gasteiger partial charge on any atom is -0.379 e. The van der Waals surface area contributed by atoms with Crippen molar-refractivity contribution in [2.24, 2.45) is 23.5 Å². The Kier molecular flexibility index (Phi) is 7.79. The van der Waals surface area contributed by atoms with Crippen LogP contribution in [0.3, 0.4) is 0 Å². The quantitative estimate of drug-likeness (QED) is 0.443. The van der Waals surface area contributed by atoms with Crippen molar-refractivity contribution in [3.8, 4) is 0 Å². The molecule has 0 aromatic rings. The summed E-state index contributed by atoms with van der Waals surface area (Å²) in [4.78, 5) is 34.2. The van der Waals surface area contributed by atoms with Gasteiger partial charge in [-0.1, -0.05) is 12.8 Å². The number of amides is 1. The van der Waals surface area contributed by atoms with Crippen molar-refractivity contribution >= 4 is 11.7 Å². The fourth-order valence-electron chi connectivity index (χ4n) is 10.1. The Labute approximate surface area is 253 Å². The van der Waals surface area contributed by atoms with Gasteiger partial charge >= 0.3 is 0 Å². The van der Waals surface area contributed by atoms with Crippen molar-refractivity contribution in [3.63, 3.8) is 0 Å². The van der Waals surface area contributed by atoms with Gasteiger partial charge in [-0.15, -0.1) is 0 Å². The predicted octanol–water partition coefficient (Wildman–Crippen LogP) is 0.835. The molecule has 0 aromatic carbocycles. The summed E-state index contributed by atoms with van der Waals surface area (Å²) in [6.07, 6.45) is 8.13. The first-order valence-corrected chi connectivity index (χ1v) is 17.0. The maximum atomic E-state index is 16.3. The van der Waals surface area contributed by atoms with Gasteiger partial charge in [0.25, 0.3) is 5.91 Å². The molecular weight excluding hydrogens is 553 g/mol. The molecule has 238 valence electrons. The van der Waals surface area contributed by atoms with E-state index in [2.05, 4.69) is 20.0 Å². The molecule has 11 heteroatoms. The van der Waals surface area contributed by atoms with Gasteiger partial charge in [-0.05, 0) is 50.4 Å². The molecule has 0 radical (unpaired) electrons. The molecule has 3 N–H and O–H groups in total. The summed E-state index contributed by atoms with van der Waals surface area (Å²) in [7, 11) is 0. The van der Waals surface area contributed by atoms with Crippen LogP contribution in [0.2, 0.25) is 0 Å². The van der Waals surface area contributed by atoms with Crippen LogP contribution in [-0.2, 0) is 23.8 Å². The van der Waals surface area contributed by atoms with Gasteiger partial charge in [-0.25, -0.2) is 4.39 Å². The van der Waals surface area contributed by atoms with Gasteiger partial charge in [0.05, 0.1) is 61.3 Å². The molecule has 7 fully saturated rings. The Hall–Kier alpha value is -1.63. The van der Waals surface area contributed by atoms with Crippen molar-refractivity contribution in [2.75, 3.05) is 52.5 Å². The molecule has 3 saturated carbocycles. The van der Waals surface area contributed by atoms with Crippen LogP contribution in [0.1, 0.15) is 51.4 Å². The Bertz CT molecular complexity index is 1120. The summed E-state index contributed by atoms with van der Waals surface area (Å²) >= 11 is 0. The molecule has 0 spiro atoms. The van der Waals surface area contributed by atoms with E-state index in [0.717, 1.165) is 45.3 Å². The lowest BCUT2D eigenvalue weighted by Gasteiger charge is -2.61. The zero-order valence-electron chi connectivity index (χ0n) is 25.2. The van der Waals surface area contributed by atoms with Crippen molar-refractivity contribution in [3.05, 3.63) is 11.8 Å². The van der Waals surface area contributed by atoms with Crippen LogP contribution >= 0.6 is 0 Å². The van der Waals surface area contributed by atoms with Crippen molar-refractivity contribution in [1.29, 1.82) is 0 Å². The maximum absolute atomic E-state index is 16.3. The topological polar surface area (TPSA) is 110 Å². The van der Waals surface area contributed by atoms with Gasteiger partial charge in [0.15, 0.2) is 5.78 Å². The van der Waals surface area contributed by atoms with Gasteiger partial charge in [-0.3, -0.25) is 19.4 Å². The third-order valence-electron chi connectivity index (χ3n) is 12.2. The van der Waals surface area contributed by atoms with E-state index in [9.17, 15) is 9.59 Å². The highest BCUT2D eigenvalue weighted by atomic mass is 19.1. The molecule has 10 nitrogen and oxygen atoms in total. The molecule has 43 heavy (non-hydrogen) atoms. The van der Waals surface area contributed by atoms with E-state index in [1.807, 2.05) is 6.20 Å². The van der Waals surface area contributed by atoms with E-state index in [1.165, 1.54) is 19.3 Å². The number of rotatable bonds is 5. The van der Waals surface area contributed by atoms with Crippen molar-refractivity contribution < 1.29 is 28.2 Å². The number of carbonyl (C=O) groups is 2. The first kappa shape index (κ1) is 28.8. The van der Waals surface area contributed by atoms with Crippen LogP contribution in [0.15, 0.2) is 11.8 Å². The Morgan fingerprint density at radius 1 is 0.977 bits per heavy atom. The molecule has 0 aromatic heterocycles. The molecule has 3 aliphatic carbocycles. The van der Waals surface area contributed by atoms with E-state index in [0.29, 0.717) is 50.8 Å². The Balaban J connectivity index is 1.08. The minimum absolute atomic E-state index is 0.00653. The number of morpholine rings is 2. The Morgan fingerprint density at radius 2 is 1.81 bits per heavy atom. The highest BCUT2D eigenvalue weighted by Gasteiger charge is 2.62. The van der Waals surface area contributed by atoms with Crippen LogP contribution in [-0.4, -0.2) is 134 Å². The smallest absolute Gasteiger partial charge is 0.256 e. The molecule has 5 heterocycles. The average molecular weight is 602 g/mol. The van der Waals surface area contributed by atoms with E-state index < -0.39 is 24.2 Å². The first-order chi connectivity index (χ1) is 21.0. The maximum Gasteiger partial charge on any atom is 0.256 e. The lowest BCUT2D eigenvalue weighted by molar-refractivity contribution is -0.220. The van der Waals surface area contributed by atoms with Crippen LogP contribution in [0, 0.1) is 17.8 Å². The molecule has 1 amide bonds. The zero-order valence-corrected chi connectivity index (χ0v) is 25.2. The van der Waals surface area contributed by atoms with E-state index in [-0.39, 0.29) is 54.0 Å². The molecular formula is C32H48FN5O5. The third kappa shape index (κ3) is 5.06. The molecule has 8 rings (SSSR count). The molecule has 4 saturated heterocycles. The summed E-state index contributed by atoms with van der Waals surface area (Å²) in [5.74, 6) is -0.166. The number of Topliss-reactive ketones (excluding diaryl/α,β-unsaturated/α-hetero) is 1. The van der Waals surface area contributed by atoms with Crippen molar-refractivity contribution in [2.45, 2.75) is 106 Å². The van der Waals surface area contributed by atoms with E-state index in [4.69, 9.17) is 19.9 Å². The fourth-order valence-corrected chi connectivity index (χ4v) is 10.1. The van der Waals surface area contributed by atoms with Gasteiger partial charge < -0.3 is 30.2 Å². The van der Waals surface area contributed by atoms with Gasteiger partial charge in [-0.2, -0.15) is 0 Å². The summed E-state index contributed by atoms with van der Waals surface area (Å²) in [5.41, 5.74) is 6.44. The highest BCUT2D eigenvalue weighted by molar-refractivity contribution is 6.20. The standard InChI is InChI=1S/C32H48FN5O5/c33-23-13-21-28-31(29(23)37-7-5-18(34)16-37)43-27-14-20-19-3-1-2-4-25(19)42-26(20)15-24(27)38(28)17-22(30(21)39)32(40)35-6-8-36-9-11-41-12-10-36/h17-21,23-29,31H,1-16,34H2,(H,35,40). The lowest BCUT2D eigenvalue weighted by atomic mass is 9.67. The highest BCUT2D eigenvalue weighted by Crippen LogP contribution is 2.53. The molecule has 5 aliphatic heterocycles. The predicted molar refractivity (Wildman–Crippen MR) is 156 cm³/mol. The monoisotopic (exact) mass is 601 g/mol. The number of halogens is 1. The average Bonchev–Trinajstić information content (AvgIpc) is 3.60. The molecule has 8 aliphatic rings. The number of fused-ring (bicyclic) bond motifs is 5. The number of nitrogens with zero attached hydrogens (tertiary/aromatic N) is 3. The van der Waals surface area contributed by atoms with Crippen LogP contribution < -0.4 is 11.1 Å². The van der Waals surface area contributed by atoms with Gasteiger partial charge in [0.1, 0.15) is 6.17 Å². The van der Waals surface area contributed by atoms with E-state index >= 15 is 4.39 Å². The lowest BCUT2D eigenvalue weighted by Crippen LogP contribution is -2.73. The molecule has 12 unspecified atom stereocenters.